The SMILES string of the molecule is CC(C)CCC[C@@H](C)CCl.CC(C)[C@H](N)C(=O)O. The Balaban J connectivity index is 0. The van der Waals surface area contributed by atoms with Crippen molar-refractivity contribution in [2.45, 2.75) is 59.9 Å². The first kappa shape index (κ1) is 20.0. The normalized spacial score (nSPS) is 14.1. The number of halogens is 1. The maximum Gasteiger partial charge on any atom is 0.320 e. The highest BCUT2D eigenvalue weighted by molar-refractivity contribution is 6.18. The zero-order valence-corrected chi connectivity index (χ0v) is 13.2. The molecule has 3 N–H and O–H groups in total. The molecular weight excluding hydrogens is 250 g/mol. The molecule has 0 aromatic carbocycles. The largest absolute Gasteiger partial charge is 0.480 e. The first-order valence-electron chi connectivity index (χ1n) is 6.76. The molecule has 0 heterocycles. The van der Waals surface area contributed by atoms with Gasteiger partial charge in [-0.1, -0.05) is 47.5 Å². The van der Waals surface area contributed by atoms with Crippen molar-refractivity contribution in [1.82, 2.24) is 0 Å². The Bertz CT molecular complexity index is 208. The maximum absolute atomic E-state index is 10.0. The van der Waals surface area contributed by atoms with Crippen molar-refractivity contribution < 1.29 is 9.90 Å². The lowest BCUT2D eigenvalue weighted by molar-refractivity contribution is -0.139. The Morgan fingerprint density at radius 1 is 1.17 bits per heavy atom. The summed E-state index contributed by atoms with van der Waals surface area (Å²) in [5, 5.41) is 8.23. The average Bonchev–Trinajstić information content (AvgIpc) is 2.27. The molecule has 0 amide bonds. The minimum absolute atomic E-state index is 0.0208. The quantitative estimate of drug-likeness (QED) is 0.698. The Kier molecular flexibility index (Phi) is 13.1. The highest BCUT2D eigenvalue weighted by Gasteiger charge is 2.14. The van der Waals surface area contributed by atoms with Crippen LogP contribution < -0.4 is 5.73 Å². The molecule has 0 aliphatic heterocycles. The summed E-state index contributed by atoms with van der Waals surface area (Å²) in [6, 6.07) is -0.713. The van der Waals surface area contributed by atoms with E-state index in [9.17, 15) is 4.79 Å². The van der Waals surface area contributed by atoms with Crippen LogP contribution in [0.3, 0.4) is 0 Å². The summed E-state index contributed by atoms with van der Waals surface area (Å²) in [6.45, 7) is 10.3. The molecule has 0 fully saturated rings. The summed E-state index contributed by atoms with van der Waals surface area (Å²) in [6.07, 6.45) is 3.98. The summed E-state index contributed by atoms with van der Waals surface area (Å²) in [5.41, 5.74) is 5.16. The molecule has 3 nitrogen and oxygen atoms in total. The van der Waals surface area contributed by atoms with Crippen molar-refractivity contribution in [3.05, 3.63) is 0 Å². The van der Waals surface area contributed by atoms with Gasteiger partial charge in [-0.25, -0.2) is 0 Å². The first-order chi connectivity index (χ1) is 8.22. The van der Waals surface area contributed by atoms with Crippen LogP contribution in [0.25, 0.3) is 0 Å². The van der Waals surface area contributed by atoms with E-state index in [0.717, 1.165) is 11.8 Å². The van der Waals surface area contributed by atoms with Crippen molar-refractivity contribution in [1.29, 1.82) is 0 Å². The third kappa shape index (κ3) is 13.8. The van der Waals surface area contributed by atoms with E-state index >= 15 is 0 Å². The summed E-state index contributed by atoms with van der Waals surface area (Å²) < 4.78 is 0. The topological polar surface area (TPSA) is 63.3 Å². The van der Waals surface area contributed by atoms with Crippen molar-refractivity contribution in [2.24, 2.45) is 23.5 Å². The second-order valence-electron chi connectivity index (χ2n) is 5.69. The van der Waals surface area contributed by atoms with Gasteiger partial charge in [0.1, 0.15) is 6.04 Å². The zero-order chi connectivity index (χ0) is 14.7. The molecule has 18 heavy (non-hydrogen) atoms. The van der Waals surface area contributed by atoms with E-state index in [4.69, 9.17) is 22.4 Å². The number of alkyl halides is 1. The fourth-order valence-electron chi connectivity index (χ4n) is 1.24. The van der Waals surface area contributed by atoms with Crippen molar-refractivity contribution in [3.8, 4) is 0 Å². The van der Waals surface area contributed by atoms with E-state index in [-0.39, 0.29) is 5.92 Å². The average molecular weight is 280 g/mol. The van der Waals surface area contributed by atoms with Gasteiger partial charge >= 0.3 is 5.97 Å². The van der Waals surface area contributed by atoms with Gasteiger partial charge in [0.05, 0.1) is 0 Å². The standard InChI is InChI=1S/C9H19Cl.C5H11NO2/c1-8(2)5-4-6-9(3)7-10;1-3(2)4(6)5(7)8/h8-9H,4-7H2,1-3H3;3-4H,6H2,1-2H3,(H,7,8)/t9-;4-/m10/s1. The fourth-order valence-corrected chi connectivity index (χ4v) is 1.39. The fraction of sp³-hybridized carbons (Fsp3) is 0.929. The highest BCUT2D eigenvalue weighted by atomic mass is 35.5. The zero-order valence-electron chi connectivity index (χ0n) is 12.4. The van der Waals surface area contributed by atoms with E-state index in [0.29, 0.717) is 5.92 Å². The van der Waals surface area contributed by atoms with Crippen LogP contribution in [0.2, 0.25) is 0 Å². The molecule has 0 saturated carbocycles. The molecule has 0 aliphatic rings. The third-order valence-corrected chi connectivity index (χ3v) is 3.27. The first-order valence-corrected chi connectivity index (χ1v) is 7.30. The number of carbonyl (C=O) groups is 1. The predicted octanol–water partition coefficient (Wildman–Crippen LogP) is 3.74. The van der Waals surface area contributed by atoms with Crippen LogP contribution in [-0.2, 0) is 4.79 Å². The molecule has 0 aromatic rings. The van der Waals surface area contributed by atoms with Crippen LogP contribution in [0, 0.1) is 17.8 Å². The monoisotopic (exact) mass is 279 g/mol. The van der Waals surface area contributed by atoms with Gasteiger partial charge in [0.15, 0.2) is 0 Å². The molecule has 0 aromatic heterocycles. The third-order valence-electron chi connectivity index (χ3n) is 2.75. The lowest BCUT2D eigenvalue weighted by Crippen LogP contribution is -2.34. The number of nitrogens with two attached hydrogens (primary N) is 1. The number of hydrogen-bond acceptors (Lipinski definition) is 2. The number of carboxylic acid groups (broad SMARTS) is 1. The Labute approximate surface area is 117 Å². The van der Waals surface area contributed by atoms with Crippen LogP contribution in [0.4, 0.5) is 0 Å². The lowest BCUT2D eigenvalue weighted by atomic mass is 10.0. The van der Waals surface area contributed by atoms with Crippen molar-refractivity contribution in [2.75, 3.05) is 5.88 Å². The molecule has 0 saturated heterocycles. The second-order valence-corrected chi connectivity index (χ2v) is 6.00. The molecule has 110 valence electrons. The summed E-state index contributed by atoms with van der Waals surface area (Å²) in [7, 11) is 0. The predicted molar refractivity (Wildman–Crippen MR) is 79.0 cm³/mol. The van der Waals surface area contributed by atoms with Gasteiger partial charge in [-0.05, 0) is 24.2 Å². The second kappa shape index (κ2) is 11.8. The molecular formula is C14H30ClNO2. The Hall–Kier alpha value is -0.280. The van der Waals surface area contributed by atoms with Gasteiger partial charge < -0.3 is 10.8 Å². The number of carboxylic acids is 1. The minimum atomic E-state index is -0.931. The smallest absolute Gasteiger partial charge is 0.320 e. The lowest BCUT2D eigenvalue weighted by Gasteiger charge is -2.07. The molecule has 0 bridgehead atoms. The van der Waals surface area contributed by atoms with E-state index in [2.05, 4.69) is 20.8 Å². The van der Waals surface area contributed by atoms with Gasteiger partial charge in [-0.3, -0.25) is 4.79 Å². The maximum atomic E-state index is 10.0. The van der Waals surface area contributed by atoms with Crippen LogP contribution in [-0.4, -0.2) is 23.0 Å². The summed E-state index contributed by atoms with van der Waals surface area (Å²) in [4.78, 5) is 10.0. The molecule has 4 heteroatoms. The summed E-state index contributed by atoms with van der Waals surface area (Å²) in [5.74, 6) is 1.47. The molecule has 2 atom stereocenters. The molecule has 0 unspecified atom stereocenters. The van der Waals surface area contributed by atoms with Gasteiger partial charge in [-0.2, -0.15) is 0 Å². The number of rotatable bonds is 7. The van der Waals surface area contributed by atoms with Crippen molar-refractivity contribution >= 4 is 17.6 Å². The van der Waals surface area contributed by atoms with Gasteiger partial charge in [0.2, 0.25) is 0 Å². The minimum Gasteiger partial charge on any atom is -0.480 e. The Morgan fingerprint density at radius 2 is 1.67 bits per heavy atom. The van der Waals surface area contributed by atoms with E-state index in [1.165, 1.54) is 19.3 Å². The van der Waals surface area contributed by atoms with Gasteiger partial charge in [-0.15, -0.1) is 11.6 Å². The molecule has 0 aliphatic carbocycles. The van der Waals surface area contributed by atoms with Crippen LogP contribution in [0.15, 0.2) is 0 Å². The number of aliphatic carboxylic acids is 1. The molecule has 0 radical (unpaired) electrons. The van der Waals surface area contributed by atoms with E-state index < -0.39 is 12.0 Å². The van der Waals surface area contributed by atoms with Gasteiger partial charge in [0, 0.05) is 5.88 Å². The van der Waals surface area contributed by atoms with Crippen LogP contribution >= 0.6 is 11.6 Å². The van der Waals surface area contributed by atoms with Crippen LogP contribution in [0.5, 0.6) is 0 Å². The van der Waals surface area contributed by atoms with Gasteiger partial charge in [0.25, 0.3) is 0 Å². The Morgan fingerprint density at radius 3 is 1.89 bits per heavy atom. The molecule has 0 rings (SSSR count). The van der Waals surface area contributed by atoms with Crippen LogP contribution in [0.1, 0.15) is 53.9 Å². The number of hydrogen-bond donors (Lipinski definition) is 2. The van der Waals surface area contributed by atoms with E-state index in [1.54, 1.807) is 13.8 Å². The van der Waals surface area contributed by atoms with Crippen molar-refractivity contribution in [3.63, 3.8) is 0 Å². The van der Waals surface area contributed by atoms with E-state index in [1.807, 2.05) is 0 Å². The highest BCUT2D eigenvalue weighted by Crippen LogP contribution is 2.12. The summed E-state index contributed by atoms with van der Waals surface area (Å²) >= 11 is 5.67. The molecule has 0 spiro atoms.